The van der Waals surface area contributed by atoms with E-state index in [1.807, 2.05) is 13.1 Å². The molecule has 1 aromatic rings. The fourth-order valence-corrected chi connectivity index (χ4v) is 2.44. The van der Waals surface area contributed by atoms with Crippen LogP contribution in [-0.4, -0.2) is 17.6 Å². The van der Waals surface area contributed by atoms with Crippen LogP contribution in [-0.2, 0) is 0 Å². The van der Waals surface area contributed by atoms with Crippen LogP contribution >= 0.6 is 0 Å². The topological polar surface area (TPSA) is 42.1 Å². The fraction of sp³-hybridized carbons (Fsp3) is 0.643. The predicted molar refractivity (Wildman–Crippen MR) is 72.0 cm³/mol. The number of aromatic nitrogens is 1. The van der Waals surface area contributed by atoms with Crippen molar-refractivity contribution in [1.82, 2.24) is 4.98 Å². The molecule has 0 amide bonds. The molecule has 2 unspecified atom stereocenters. The van der Waals surface area contributed by atoms with Crippen molar-refractivity contribution in [3.63, 3.8) is 0 Å². The van der Waals surface area contributed by atoms with Crippen LogP contribution < -0.4 is 10.6 Å². The van der Waals surface area contributed by atoms with Crippen molar-refractivity contribution in [2.24, 2.45) is 11.7 Å². The molecule has 0 saturated carbocycles. The second kappa shape index (κ2) is 5.05. The smallest absolute Gasteiger partial charge is 0.128 e. The first-order valence-corrected chi connectivity index (χ1v) is 6.56. The van der Waals surface area contributed by atoms with Crippen molar-refractivity contribution in [3.05, 3.63) is 23.9 Å². The van der Waals surface area contributed by atoms with E-state index < -0.39 is 0 Å². The lowest BCUT2D eigenvalue weighted by molar-refractivity contribution is 0.388. The summed E-state index contributed by atoms with van der Waals surface area (Å²) in [5, 5.41) is 0. The van der Waals surface area contributed by atoms with Gasteiger partial charge in [-0.15, -0.1) is 0 Å². The predicted octanol–water partition coefficient (Wildman–Crippen LogP) is 2.73. The van der Waals surface area contributed by atoms with Crippen molar-refractivity contribution in [3.8, 4) is 0 Å². The lowest BCUT2D eigenvalue weighted by Crippen LogP contribution is -2.41. The molecule has 17 heavy (non-hydrogen) atoms. The Morgan fingerprint density at radius 3 is 2.71 bits per heavy atom. The van der Waals surface area contributed by atoms with E-state index in [1.165, 1.54) is 12.8 Å². The van der Waals surface area contributed by atoms with Gasteiger partial charge in [-0.05, 0) is 44.2 Å². The molecule has 1 aliphatic heterocycles. The summed E-state index contributed by atoms with van der Waals surface area (Å²) in [7, 11) is 0. The number of hydrogen-bond donors (Lipinski definition) is 1. The highest BCUT2D eigenvalue weighted by molar-refractivity contribution is 5.41. The molecule has 1 saturated heterocycles. The van der Waals surface area contributed by atoms with Crippen LogP contribution in [0.3, 0.4) is 0 Å². The third-order valence-corrected chi connectivity index (χ3v) is 3.71. The van der Waals surface area contributed by atoms with Crippen LogP contribution in [0.15, 0.2) is 18.3 Å². The minimum absolute atomic E-state index is 0.0641. The molecule has 94 valence electrons. The number of piperidine rings is 1. The molecule has 0 aromatic carbocycles. The van der Waals surface area contributed by atoms with Gasteiger partial charge in [0.2, 0.25) is 0 Å². The quantitative estimate of drug-likeness (QED) is 0.854. The number of hydrogen-bond acceptors (Lipinski definition) is 3. The molecule has 1 fully saturated rings. The molecule has 2 heterocycles. The molecule has 3 nitrogen and oxygen atoms in total. The zero-order valence-electron chi connectivity index (χ0n) is 11.1. The molecular weight excluding hydrogens is 210 g/mol. The number of anilines is 1. The Kier molecular flexibility index (Phi) is 3.67. The highest BCUT2D eigenvalue weighted by atomic mass is 15.2. The standard InChI is InChI=1S/C14H23N3/c1-10-4-5-11(2)17(9-10)14-7-6-13(8-16-14)12(3)15/h6-8,10-12H,4-5,9,15H2,1-3H3/t10?,11?,12-/m1/s1. The Morgan fingerprint density at radius 2 is 2.12 bits per heavy atom. The molecule has 0 aliphatic carbocycles. The van der Waals surface area contributed by atoms with E-state index in [9.17, 15) is 0 Å². The maximum Gasteiger partial charge on any atom is 0.128 e. The number of nitrogens with two attached hydrogens (primary N) is 1. The van der Waals surface area contributed by atoms with Gasteiger partial charge in [0, 0.05) is 24.8 Å². The third kappa shape index (κ3) is 2.78. The maximum atomic E-state index is 5.84. The lowest BCUT2D eigenvalue weighted by atomic mass is 9.95. The molecule has 0 spiro atoms. The summed E-state index contributed by atoms with van der Waals surface area (Å²) in [6, 6.07) is 4.86. The SMILES string of the molecule is CC1CCC(C)N(c2ccc([C@@H](C)N)cn2)C1. The number of nitrogens with zero attached hydrogens (tertiary/aromatic N) is 2. The summed E-state index contributed by atoms with van der Waals surface area (Å²) in [6.07, 6.45) is 4.50. The molecule has 2 rings (SSSR count). The van der Waals surface area contributed by atoms with Crippen molar-refractivity contribution in [2.45, 2.75) is 45.7 Å². The summed E-state index contributed by atoms with van der Waals surface area (Å²) in [4.78, 5) is 6.97. The summed E-state index contributed by atoms with van der Waals surface area (Å²) < 4.78 is 0. The van der Waals surface area contributed by atoms with Gasteiger partial charge >= 0.3 is 0 Å². The molecule has 3 atom stereocenters. The van der Waals surface area contributed by atoms with Crippen molar-refractivity contribution in [1.29, 1.82) is 0 Å². The van der Waals surface area contributed by atoms with Crippen LogP contribution in [0.4, 0.5) is 5.82 Å². The van der Waals surface area contributed by atoms with E-state index >= 15 is 0 Å². The van der Waals surface area contributed by atoms with Gasteiger partial charge in [-0.25, -0.2) is 4.98 Å². The van der Waals surface area contributed by atoms with E-state index in [-0.39, 0.29) is 6.04 Å². The largest absolute Gasteiger partial charge is 0.354 e. The minimum Gasteiger partial charge on any atom is -0.354 e. The van der Waals surface area contributed by atoms with Gasteiger partial charge in [-0.3, -0.25) is 0 Å². The monoisotopic (exact) mass is 233 g/mol. The van der Waals surface area contributed by atoms with Crippen molar-refractivity contribution in [2.75, 3.05) is 11.4 Å². The first-order valence-electron chi connectivity index (χ1n) is 6.56. The Morgan fingerprint density at radius 1 is 1.35 bits per heavy atom. The minimum atomic E-state index is 0.0641. The molecular formula is C14H23N3. The average molecular weight is 233 g/mol. The summed E-state index contributed by atoms with van der Waals surface area (Å²) >= 11 is 0. The van der Waals surface area contributed by atoms with Crippen LogP contribution in [0.5, 0.6) is 0 Å². The van der Waals surface area contributed by atoms with Crippen LogP contribution in [0.1, 0.15) is 45.2 Å². The molecule has 2 N–H and O–H groups in total. The maximum absolute atomic E-state index is 5.84. The first-order chi connectivity index (χ1) is 8.08. The Labute approximate surface area is 104 Å². The fourth-order valence-electron chi connectivity index (χ4n) is 2.44. The van der Waals surface area contributed by atoms with Gasteiger partial charge < -0.3 is 10.6 Å². The van der Waals surface area contributed by atoms with E-state index in [2.05, 4.69) is 35.9 Å². The highest BCUT2D eigenvalue weighted by Gasteiger charge is 2.23. The zero-order valence-corrected chi connectivity index (χ0v) is 11.1. The second-order valence-electron chi connectivity index (χ2n) is 5.42. The van der Waals surface area contributed by atoms with E-state index in [1.54, 1.807) is 0 Å². The van der Waals surface area contributed by atoms with Crippen molar-refractivity contribution >= 4 is 5.82 Å². The normalized spacial score (nSPS) is 26.9. The Bertz CT molecular complexity index is 358. The van der Waals surface area contributed by atoms with E-state index in [4.69, 9.17) is 5.73 Å². The molecule has 0 bridgehead atoms. The van der Waals surface area contributed by atoms with E-state index in [0.717, 1.165) is 23.8 Å². The summed E-state index contributed by atoms with van der Waals surface area (Å²) in [5.74, 6) is 1.86. The van der Waals surface area contributed by atoms with Crippen LogP contribution in [0, 0.1) is 5.92 Å². The number of pyridine rings is 1. The average Bonchev–Trinajstić information content (AvgIpc) is 2.32. The van der Waals surface area contributed by atoms with Gasteiger partial charge in [-0.2, -0.15) is 0 Å². The molecule has 3 heteroatoms. The highest BCUT2D eigenvalue weighted by Crippen LogP contribution is 2.26. The lowest BCUT2D eigenvalue weighted by Gasteiger charge is -2.37. The van der Waals surface area contributed by atoms with E-state index in [0.29, 0.717) is 6.04 Å². The van der Waals surface area contributed by atoms with Gasteiger partial charge in [0.15, 0.2) is 0 Å². The molecule has 0 radical (unpaired) electrons. The van der Waals surface area contributed by atoms with Crippen LogP contribution in [0.25, 0.3) is 0 Å². The van der Waals surface area contributed by atoms with Crippen LogP contribution in [0.2, 0.25) is 0 Å². The molecule has 1 aromatic heterocycles. The third-order valence-electron chi connectivity index (χ3n) is 3.71. The Balaban J connectivity index is 2.15. The van der Waals surface area contributed by atoms with Crippen molar-refractivity contribution < 1.29 is 0 Å². The van der Waals surface area contributed by atoms with Gasteiger partial charge in [0.1, 0.15) is 5.82 Å². The van der Waals surface area contributed by atoms with Gasteiger partial charge in [0.25, 0.3) is 0 Å². The van der Waals surface area contributed by atoms with Gasteiger partial charge in [0.05, 0.1) is 0 Å². The summed E-state index contributed by atoms with van der Waals surface area (Å²) in [5.41, 5.74) is 6.94. The number of rotatable bonds is 2. The van der Waals surface area contributed by atoms with Gasteiger partial charge in [-0.1, -0.05) is 13.0 Å². The first kappa shape index (κ1) is 12.4. The zero-order chi connectivity index (χ0) is 12.4. The molecule has 1 aliphatic rings. The Hall–Kier alpha value is -1.09. The summed E-state index contributed by atoms with van der Waals surface area (Å²) in [6.45, 7) is 7.70. The second-order valence-corrected chi connectivity index (χ2v) is 5.42.